The molecule has 242 valence electrons. The monoisotopic (exact) mass is 679 g/mol. The first-order valence-corrected chi connectivity index (χ1v) is 16.2. The summed E-state index contributed by atoms with van der Waals surface area (Å²) in [6.07, 6.45) is 0. The number of ether oxygens (including phenoxy) is 3. The SMILES string of the molecule is COc1ccc(COC(=O)C2=C(CCl)CSC3C(NC(=O)/C(=N\OC(C)(C)C(=O)OC(C)(C)C)c4csc(N)n4)C(=O)N23)cc1. The van der Waals surface area contributed by atoms with Gasteiger partial charge in [-0.05, 0) is 57.9 Å². The fraction of sp³-hybridized carbons (Fsp3) is 0.448. The number of hydrogen-bond donors (Lipinski definition) is 2. The van der Waals surface area contributed by atoms with E-state index in [4.69, 9.17) is 36.4 Å². The van der Waals surface area contributed by atoms with Gasteiger partial charge in [0.1, 0.15) is 40.8 Å². The molecule has 45 heavy (non-hydrogen) atoms. The van der Waals surface area contributed by atoms with Crippen molar-refractivity contribution in [2.45, 2.75) is 63.8 Å². The number of amides is 2. The van der Waals surface area contributed by atoms with E-state index in [1.54, 1.807) is 52.1 Å². The number of hydrogen-bond acceptors (Lipinski definition) is 13. The van der Waals surface area contributed by atoms with Crippen molar-refractivity contribution in [3.63, 3.8) is 0 Å². The first kappa shape index (κ1) is 34.1. The zero-order valence-electron chi connectivity index (χ0n) is 25.5. The summed E-state index contributed by atoms with van der Waals surface area (Å²) in [4.78, 5) is 63.7. The van der Waals surface area contributed by atoms with Gasteiger partial charge >= 0.3 is 11.9 Å². The zero-order valence-corrected chi connectivity index (χ0v) is 27.9. The second kappa shape index (κ2) is 13.7. The third-order valence-electron chi connectivity index (χ3n) is 6.45. The molecule has 3 N–H and O–H groups in total. The molecule has 13 nitrogen and oxygen atoms in total. The maximum atomic E-state index is 13.5. The van der Waals surface area contributed by atoms with Crippen molar-refractivity contribution in [2.24, 2.45) is 5.16 Å². The molecule has 2 unspecified atom stereocenters. The minimum absolute atomic E-state index is 0.0142. The lowest BCUT2D eigenvalue weighted by Gasteiger charge is -2.49. The van der Waals surface area contributed by atoms with Crippen molar-refractivity contribution in [1.82, 2.24) is 15.2 Å². The highest BCUT2D eigenvalue weighted by Crippen LogP contribution is 2.41. The lowest BCUT2D eigenvalue weighted by atomic mass is 10.0. The number of nitrogen functional groups attached to an aromatic ring is 1. The molecule has 4 rings (SSSR count). The smallest absolute Gasteiger partial charge is 0.355 e. The number of anilines is 1. The van der Waals surface area contributed by atoms with Crippen LogP contribution in [0, 0.1) is 0 Å². The number of esters is 2. The number of methoxy groups -OCH3 is 1. The molecule has 0 bridgehead atoms. The maximum Gasteiger partial charge on any atom is 0.355 e. The quantitative estimate of drug-likeness (QED) is 0.117. The van der Waals surface area contributed by atoms with Crippen LogP contribution in [-0.4, -0.2) is 80.7 Å². The van der Waals surface area contributed by atoms with E-state index in [-0.39, 0.29) is 34.7 Å². The second-order valence-corrected chi connectivity index (χ2v) is 13.7. The van der Waals surface area contributed by atoms with Gasteiger partial charge in [-0.1, -0.05) is 17.3 Å². The summed E-state index contributed by atoms with van der Waals surface area (Å²) in [5.41, 5.74) is 4.54. The van der Waals surface area contributed by atoms with Gasteiger partial charge in [-0.2, -0.15) is 0 Å². The number of carbonyl (C=O) groups excluding carboxylic acids is 4. The van der Waals surface area contributed by atoms with Gasteiger partial charge in [-0.15, -0.1) is 34.7 Å². The summed E-state index contributed by atoms with van der Waals surface area (Å²) < 4.78 is 16.1. The number of oxime groups is 1. The normalized spacial score (nSPS) is 18.5. The van der Waals surface area contributed by atoms with Gasteiger partial charge < -0.3 is 30.1 Å². The van der Waals surface area contributed by atoms with Gasteiger partial charge in [0.25, 0.3) is 11.8 Å². The van der Waals surface area contributed by atoms with E-state index in [1.807, 2.05) is 0 Å². The Bertz CT molecular complexity index is 1530. The molecule has 1 fully saturated rings. The van der Waals surface area contributed by atoms with Crippen LogP contribution in [0.2, 0.25) is 0 Å². The highest BCUT2D eigenvalue weighted by molar-refractivity contribution is 8.00. The standard InChI is InChI=1S/C29H34ClN5O8S2/c1-28(2,3)42-26(39)29(4,5)43-34-19(18-14-45-27(31)32-18)22(36)33-20-23(37)35-21(16(11-30)13-44-24(20)35)25(38)41-12-15-7-9-17(40-6)10-8-15/h7-10,14,20,24H,11-13H2,1-6H3,(H2,31,32)(H,33,36)/b34-19-. The minimum atomic E-state index is -1.56. The molecule has 3 heterocycles. The predicted octanol–water partition coefficient (Wildman–Crippen LogP) is 3.21. The molecule has 0 aliphatic carbocycles. The number of rotatable bonds is 11. The van der Waals surface area contributed by atoms with Gasteiger partial charge in [-0.3, -0.25) is 14.5 Å². The van der Waals surface area contributed by atoms with Crippen molar-refractivity contribution < 1.29 is 38.2 Å². The lowest BCUT2D eigenvalue weighted by Crippen LogP contribution is -2.71. The number of thioether (sulfide) groups is 1. The van der Waals surface area contributed by atoms with Gasteiger partial charge in [0.15, 0.2) is 10.8 Å². The van der Waals surface area contributed by atoms with Crippen LogP contribution >= 0.6 is 34.7 Å². The third-order valence-corrected chi connectivity index (χ3v) is 8.79. The predicted molar refractivity (Wildman–Crippen MR) is 170 cm³/mol. The van der Waals surface area contributed by atoms with Gasteiger partial charge in [0.05, 0.1) is 7.11 Å². The Morgan fingerprint density at radius 1 is 1.18 bits per heavy atom. The Balaban J connectivity index is 1.49. The molecule has 16 heteroatoms. The number of benzene rings is 1. The number of β-lactam (4-membered cyclic amide) rings is 1. The van der Waals surface area contributed by atoms with Crippen LogP contribution in [0.1, 0.15) is 45.9 Å². The molecule has 2 aliphatic heterocycles. The van der Waals surface area contributed by atoms with E-state index in [1.165, 1.54) is 35.9 Å². The number of nitrogens with zero attached hydrogens (tertiary/aromatic N) is 3. The number of nitrogens with two attached hydrogens (primary N) is 1. The Kier molecular flexibility index (Phi) is 10.3. The van der Waals surface area contributed by atoms with E-state index in [9.17, 15) is 19.2 Å². The number of aromatic nitrogens is 1. The molecule has 0 spiro atoms. The van der Waals surface area contributed by atoms with Gasteiger partial charge in [0, 0.05) is 17.0 Å². The van der Waals surface area contributed by atoms with Crippen molar-refractivity contribution >= 4 is 69.3 Å². The van der Waals surface area contributed by atoms with Crippen LogP contribution in [0.4, 0.5) is 5.13 Å². The van der Waals surface area contributed by atoms with E-state index in [0.717, 1.165) is 16.9 Å². The highest BCUT2D eigenvalue weighted by Gasteiger charge is 2.54. The van der Waals surface area contributed by atoms with E-state index in [2.05, 4.69) is 15.5 Å². The number of fused-ring (bicyclic) bond motifs is 1. The van der Waals surface area contributed by atoms with Crippen LogP contribution in [0.5, 0.6) is 5.75 Å². The number of halogens is 1. The number of thiazole rings is 1. The Labute approximate surface area is 273 Å². The Hall–Kier alpha value is -3.82. The van der Waals surface area contributed by atoms with E-state index in [0.29, 0.717) is 17.1 Å². The zero-order chi connectivity index (χ0) is 33.1. The Morgan fingerprint density at radius 3 is 2.44 bits per heavy atom. The van der Waals surface area contributed by atoms with Crippen molar-refractivity contribution in [2.75, 3.05) is 24.5 Å². The average Bonchev–Trinajstić information content (AvgIpc) is 3.42. The molecule has 2 amide bonds. The molecular weight excluding hydrogens is 646 g/mol. The number of nitrogens with one attached hydrogen (secondary N) is 1. The largest absolute Gasteiger partial charge is 0.497 e. The summed E-state index contributed by atoms with van der Waals surface area (Å²) >= 11 is 8.54. The summed E-state index contributed by atoms with van der Waals surface area (Å²) in [7, 11) is 1.55. The average molecular weight is 680 g/mol. The highest BCUT2D eigenvalue weighted by atomic mass is 35.5. The molecule has 2 aliphatic rings. The topological polar surface area (TPSA) is 172 Å². The maximum absolute atomic E-state index is 13.5. The Morgan fingerprint density at radius 2 is 1.87 bits per heavy atom. The van der Waals surface area contributed by atoms with Crippen molar-refractivity contribution in [3.8, 4) is 5.75 Å². The van der Waals surface area contributed by atoms with Crippen molar-refractivity contribution in [1.29, 1.82) is 0 Å². The van der Waals surface area contributed by atoms with E-state index >= 15 is 0 Å². The molecule has 2 aromatic rings. The fourth-order valence-corrected chi connectivity index (χ4v) is 6.35. The number of carbonyl (C=O) groups is 4. The van der Waals surface area contributed by atoms with Gasteiger partial charge in [-0.25, -0.2) is 14.6 Å². The van der Waals surface area contributed by atoms with Crippen LogP contribution in [-0.2, 0) is 40.1 Å². The first-order valence-electron chi connectivity index (χ1n) is 13.7. The molecule has 1 aromatic heterocycles. The first-order chi connectivity index (χ1) is 21.1. The van der Waals surface area contributed by atoms with Crippen LogP contribution in [0.25, 0.3) is 0 Å². The molecule has 0 radical (unpaired) electrons. The fourth-order valence-electron chi connectivity index (χ4n) is 4.12. The van der Waals surface area contributed by atoms with E-state index < -0.39 is 46.4 Å². The third kappa shape index (κ3) is 7.89. The molecule has 1 aromatic carbocycles. The lowest BCUT2D eigenvalue weighted by molar-refractivity contribution is -0.179. The second-order valence-electron chi connectivity index (χ2n) is 11.5. The van der Waals surface area contributed by atoms with Crippen molar-refractivity contribution in [3.05, 3.63) is 52.2 Å². The summed E-state index contributed by atoms with van der Waals surface area (Å²) in [6.45, 7) is 7.98. The molecule has 2 atom stereocenters. The van der Waals surface area contributed by atoms with Crippen LogP contribution < -0.4 is 15.8 Å². The number of alkyl halides is 1. The summed E-state index contributed by atoms with van der Waals surface area (Å²) in [6, 6.07) is 6.00. The molecule has 0 saturated carbocycles. The summed E-state index contributed by atoms with van der Waals surface area (Å²) in [5.74, 6) is -1.72. The van der Waals surface area contributed by atoms with Gasteiger partial charge in [0.2, 0.25) is 5.60 Å². The molecular formula is C29H34ClN5O8S2. The van der Waals surface area contributed by atoms with Crippen LogP contribution in [0.3, 0.4) is 0 Å². The molecule has 1 saturated heterocycles. The summed E-state index contributed by atoms with van der Waals surface area (Å²) in [5, 5.41) is 7.67. The van der Waals surface area contributed by atoms with Crippen LogP contribution in [0.15, 0.2) is 46.1 Å². The minimum Gasteiger partial charge on any atom is -0.497 e.